The quantitative estimate of drug-likeness (QED) is 0.0814. The van der Waals surface area contributed by atoms with E-state index in [1.165, 1.54) is 0 Å². The van der Waals surface area contributed by atoms with Crippen molar-refractivity contribution in [2.24, 2.45) is 45.3 Å². The Bertz CT molecular complexity index is 1120. The van der Waals surface area contributed by atoms with Crippen LogP contribution in [0.4, 0.5) is 0 Å². The smallest absolute Gasteiger partial charge is 0.392 e. The summed E-state index contributed by atoms with van der Waals surface area (Å²) in [7, 11) is 0. The monoisotopic (exact) mass is 627 g/mol. The minimum atomic E-state index is -0.352. The third-order valence-corrected chi connectivity index (χ3v) is 13.3. The Morgan fingerprint density at radius 3 is 1.98 bits per heavy atom. The molecule has 44 heavy (non-hydrogen) atoms. The predicted molar refractivity (Wildman–Crippen MR) is 165 cm³/mol. The molecule has 0 aromatic rings. The molecular weight excluding hydrogens is 571 g/mol. The largest absolute Gasteiger partial charge is 1.00 e. The molecular formula is C35H55NaO8. The van der Waals surface area contributed by atoms with Gasteiger partial charge in [0, 0.05) is 21.7 Å². The number of rotatable bonds is 2. The Balaban J connectivity index is 0.000000201. The molecule has 0 unspecified atom stereocenters. The van der Waals surface area contributed by atoms with E-state index in [1.807, 2.05) is 0 Å². The number of ether oxygens (including phenoxy) is 3. The number of aliphatic hydroxyl groups is 2. The van der Waals surface area contributed by atoms with E-state index in [-0.39, 0.29) is 82.1 Å². The molecule has 9 heteroatoms. The molecule has 3 N–H and O–H groups in total. The van der Waals surface area contributed by atoms with Crippen molar-refractivity contribution in [1.29, 1.82) is 1.43 Å². The van der Waals surface area contributed by atoms with Crippen LogP contribution in [-0.2, 0) is 23.9 Å². The molecule has 6 fully saturated rings. The fourth-order valence-corrected chi connectivity index (χ4v) is 9.97. The third-order valence-electron chi connectivity index (χ3n) is 13.3. The van der Waals surface area contributed by atoms with Gasteiger partial charge in [-0.1, -0.05) is 53.0 Å². The number of hydrogen-bond donors (Lipinski definition) is 3. The van der Waals surface area contributed by atoms with Crippen LogP contribution in [0.5, 0.6) is 0 Å². The number of carbonyl (C=O) groups is 1. The van der Waals surface area contributed by atoms with Crippen molar-refractivity contribution in [3.05, 3.63) is 43.4 Å². The van der Waals surface area contributed by atoms with Gasteiger partial charge in [-0.2, -0.15) is 6.92 Å². The SMILES string of the molecule is C=C1CO[C@@H](C)[C@]12C[C@@H]1C=CC[C@@H](C)[C@]1(C)[C@H]2O.C=C1CO[C@@H](C)[C@]12C[C@@H]1[C@@H]3O[C@@H]3C[C@@H](C)[C@]1(C)[C@H]2O.[2H]OOC=O.[CH2-]C.[Na+]. The molecule has 4 aliphatic carbocycles. The van der Waals surface area contributed by atoms with Gasteiger partial charge in [0.25, 0.3) is 1.43 Å². The maximum atomic E-state index is 11.2. The Morgan fingerprint density at radius 1 is 0.977 bits per heavy atom. The van der Waals surface area contributed by atoms with Gasteiger partial charge in [0.05, 0.1) is 49.8 Å². The molecule has 0 aromatic carbocycles. The van der Waals surface area contributed by atoms with Crippen LogP contribution in [0.3, 0.4) is 0 Å². The van der Waals surface area contributed by atoms with Crippen molar-refractivity contribution in [1.82, 2.24) is 0 Å². The first-order chi connectivity index (χ1) is 20.8. The summed E-state index contributed by atoms with van der Waals surface area (Å²) in [6, 6.07) is 0. The van der Waals surface area contributed by atoms with Crippen LogP contribution in [0.1, 0.15) is 74.1 Å². The second-order valence-corrected chi connectivity index (χ2v) is 14.4. The van der Waals surface area contributed by atoms with Crippen molar-refractivity contribution < 1.29 is 68.9 Å². The molecule has 8 nitrogen and oxygen atoms in total. The molecule has 0 bridgehead atoms. The summed E-state index contributed by atoms with van der Waals surface area (Å²) >= 11 is 0. The van der Waals surface area contributed by atoms with E-state index >= 15 is 0 Å². The minimum Gasteiger partial charge on any atom is -0.392 e. The fourth-order valence-electron chi connectivity index (χ4n) is 9.97. The van der Waals surface area contributed by atoms with Crippen LogP contribution in [0.2, 0.25) is 0 Å². The van der Waals surface area contributed by atoms with Gasteiger partial charge >= 0.3 is 36.0 Å². The van der Waals surface area contributed by atoms with E-state index in [0.29, 0.717) is 49.1 Å². The van der Waals surface area contributed by atoms with E-state index in [2.05, 4.69) is 83.9 Å². The number of hydrogen-bond acceptors (Lipinski definition) is 8. The van der Waals surface area contributed by atoms with E-state index in [4.69, 9.17) is 20.4 Å². The molecule has 3 heterocycles. The number of carbonyl (C=O) groups excluding carboxylic acids is 1. The van der Waals surface area contributed by atoms with Crippen LogP contribution >= 0.6 is 0 Å². The average Bonchev–Trinajstić information content (AvgIpc) is 3.46. The first kappa shape index (κ1) is 36.3. The van der Waals surface area contributed by atoms with Gasteiger partial charge in [0.15, 0.2) is 0 Å². The first-order valence-corrected chi connectivity index (χ1v) is 16.0. The Labute approximate surface area is 288 Å². The first-order valence-electron chi connectivity index (χ1n) is 16.4. The average molecular weight is 628 g/mol. The topological polar surface area (TPSA) is 118 Å². The summed E-state index contributed by atoms with van der Waals surface area (Å²) < 4.78 is 23.1. The van der Waals surface area contributed by atoms with Gasteiger partial charge in [0.2, 0.25) is 0 Å². The van der Waals surface area contributed by atoms with Gasteiger partial charge in [-0.3, -0.25) is 4.79 Å². The van der Waals surface area contributed by atoms with E-state index in [1.54, 1.807) is 6.92 Å². The molecule has 14 atom stereocenters. The minimum absolute atomic E-state index is 0. The standard InChI is InChI=1S/C16H24O3.C16H24O2.C2H5.CH2O3.Na/c1-8-5-12-13(19-12)11-6-16(14(17)15(8,11)4)9(2)7-18-10(16)3;1-10-6-5-7-13-8-16(14(17)15(10,13)4)11(2)9-18-12(16)3;1-2;2-1-4-3;/h8,10-14,17H,2,5-7H2,1,3-4H3;5,7,10,12-14,17H,2,6,8-9H2,1,3-4H3;1H2,2H3;1,3H;/q;;-1;;+1/t8-,10+,11-,12-,13+,14-,15+,16+;10-,12+,13+,14-,15+,16+;;;/m11.../s1/i/hD. The van der Waals surface area contributed by atoms with Crippen molar-refractivity contribution in [3.8, 4) is 0 Å². The van der Waals surface area contributed by atoms with Crippen LogP contribution in [0, 0.1) is 52.3 Å². The van der Waals surface area contributed by atoms with Crippen LogP contribution in [0.25, 0.3) is 1.43 Å². The second kappa shape index (κ2) is 13.9. The molecule has 0 amide bonds. The van der Waals surface area contributed by atoms with Crippen LogP contribution < -0.4 is 29.6 Å². The van der Waals surface area contributed by atoms with Gasteiger partial charge in [-0.25, -0.2) is 5.26 Å². The van der Waals surface area contributed by atoms with E-state index < -0.39 is 0 Å². The summed E-state index contributed by atoms with van der Waals surface area (Å²) in [5.74, 6) is 1.92. The summed E-state index contributed by atoms with van der Waals surface area (Å²) in [4.78, 5) is 12.3. The summed E-state index contributed by atoms with van der Waals surface area (Å²) in [5, 5.41) is 25.3. The summed E-state index contributed by atoms with van der Waals surface area (Å²) in [6.45, 7) is 27.9. The number of fused-ring (bicyclic) bond motifs is 4. The normalized spacial score (nSPS) is 50.8. The van der Waals surface area contributed by atoms with Crippen molar-refractivity contribution in [2.75, 3.05) is 13.2 Å². The molecule has 3 aliphatic heterocycles. The third kappa shape index (κ3) is 5.36. The van der Waals surface area contributed by atoms with Gasteiger partial charge < -0.3 is 36.2 Å². The molecule has 2 spiro atoms. The van der Waals surface area contributed by atoms with Crippen molar-refractivity contribution in [3.63, 3.8) is 0 Å². The zero-order valence-electron chi connectivity index (χ0n) is 29.2. The van der Waals surface area contributed by atoms with Crippen molar-refractivity contribution in [2.45, 2.75) is 111 Å². The van der Waals surface area contributed by atoms with Crippen LogP contribution in [0.15, 0.2) is 36.5 Å². The summed E-state index contributed by atoms with van der Waals surface area (Å²) in [6.07, 6.45) is 9.02. The van der Waals surface area contributed by atoms with E-state index in [0.717, 1.165) is 36.8 Å². The Morgan fingerprint density at radius 2 is 1.52 bits per heavy atom. The Hall–Kier alpha value is -0.550. The van der Waals surface area contributed by atoms with Gasteiger partial charge in [-0.15, -0.1) is 0 Å². The van der Waals surface area contributed by atoms with Gasteiger partial charge in [0.1, 0.15) is 0 Å². The van der Waals surface area contributed by atoms with Crippen molar-refractivity contribution >= 4 is 6.47 Å². The maximum Gasteiger partial charge on any atom is 1.00 e. The molecule has 0 aromatic heterocycles. The van der Waals surface area contributed by atoms with Gasteiger partial charge in [-0.05, 0) is 74.3 Å². The summed E-state index contributed by atoms with van der Waals surface area (Å²) in [5.41, 5.74) is 1.64. The number of allylic oxidation sites excluding steroid dienone is 2. The predicted octanol–water partition coefficient (Wildman–Crippen LogP) is 2.55. The van der Waals surface area contributed by atoms with E-state index in [9.17, 15) is 10.2 Å². The number of aliphatic hydroxyl groups excluding tert-OH is 2. The second-order valence-electron chi connectivity index (χ2n) is 14.4. The maximum absolute atomic E-state index is 11.2. The Kier molecular flexibility index (Phi) is 11.5. The zero-order valence-corrected chi connectivity index (χ0v) is 30.2. The molecule has 7 aliphatic rings. The molecule has 244 valence electrons. The molecule has 3 saturated carbocycles. The molecule has 0 radical (unpaired) electrons. The molecule has 3 saturated heterocycles. The van der Waals surface area contributed by atoms with Crippen LogP contribution in [-0.4, -0.2) is 71.8 Å². The molecule has 7 rings (SSSR count). The number of epoxide rings is 1. The zero-order chi connectivity index (χ0) is 32.8. The fraction of sp³-hybridized carbons (Fsp3) is 0.771.